The number of rotatable bonds is 4. The molecule has 0 atom stereocenters. The minimum atomic E-state index is -0.527. The smallest absolute Gasteiger partial charge is 0.0716 e. The molecule has 0 radical (unpaired) electrons. The molecule has 0 saturated carbocycles. The molecule has 3 heteroatoms. The number of fused-ring (bicyclic) bond motifs is 7. The number of hydrogen-bond acceptors (Lipinski definition) is 2. The van der Waals surface area contributed by atoms with Crippen molar-refractivity contribution in [3.63, 3.8) is 0 Å². The second-order valence-electron chi connectivity index (χ2n) is 12.6. The van der Waals surface area contributed by atoms with Crippen molar-refractivity contribution in [1.82, 2.24) is 14.5 Å². The third-order valence-corrected chi connectivity index (χ3v) is 10.3. The molecule has 9 aromatic rings. The Morgan fingerprint density at radius 1 is 0.417 bits per heavy atom. The standard InChI is InChI=1S/C45H29N3/c1-2-8-30(9-3-1)32-15-14-31-16-17-36(27-33(31)26-32)48-43-13-7-5-11-38(43)40-28-39-37-10-4-6-12-41(37)45(42(39)29-44(40)48,34-18-22-46-23-19-34)35-20-24-47-25-21-35/h1-29H. The molecule has 1 aliphatic rings. The number of aromatic nitrogens is 3. The number of nitrogens with zero attached hydrogens (tertiary/aromatic N) is 3. The molecule has 0 unspecified atom stereocenters. The van der Waals surface area contributed by atoms with Gasteiger partial charge in [-0.3, -0.25) is 9.97 Å². The van der Waals surface area contributed by atoms with E-state index >= 15 is 0 Å². The van der Waals surface area contributed by atoms with Crippen molar-refractivity contribution in [3.05, 3.63) is 199 Å². The fourth-order valence-corrected chi connectivity index (χ4v) is 8.19. The lowest BCUT2D eigenvalue weighted by Crippen LogP contribution is -2.28. The van der Waals surface area contributed by atoms with Crippen LogP contribution in [-0.4, -0.2) is 14.5 Å². The van der Waals surface area contributed by atoms with Gasteiger partial charge >= 0.3 is 0 Å². The Morgan fingerprint density at radius 2 is 1.10 bits per heavy atom. The average Bonchev–Trinajstić information content (AvgIpc) is 3.64. The number of benzene rings is 6. The zero-order valence-electron chi connectivity index (χ0n) is 26.1. The summed E-state index contributed by atoms with van der Waals surface area (Å²) in [6, 6.07) is 55.5. The van der Waals surface area contributed by atoms with Crippen LogP contribution in [0.15, 0.2) is 176 Å². The van der Waals surface area contributed by atoms with E-state index in [1.54, 1.807) is 0 Å². The van der Waals surface area contributed by atoms with Crippen molar-refractivity contribution in [2.45, 2.75) is 5.41 Å². The predicted molar refractivity (Wildman–Crippen MR) is 197 cm³/mol. The van der Waals surface area contributed by atoms with Crippen LogP contribution in [0.3, 0.4) is 0 Å². The van der Waals surface area contributed by atoms with Gasteiger partial charge in [-0.2, -0.15) is 0 Å². The lowest BCUT2D eigenvalue weighted by Gasteiger charge is -2.33. The SMILES string of the molecule is c1ccc(-c2ccc3ccc(-n4c5ccccc5c5cc6c(cc54)C(c4ccncc4)(c4ccncc4)c4ccccc4-6)cc3c2)cc1. The molecule has 1 aliphatic carbocycles. The van der Waals surface area contributed by atoms with Gasteiger partial charge in [0.05, 0.1) is 16.4 Å². The second-order valence-corrected chi connectivity index (χ2v) is 12.6. The zero-order chi connectivity index (χ0) is 31.7. The van der Waals surface area contributed by atoms with Crippen molar-refractivity contribution < 1.29 is 0 Å². The summed E-state index contributed by atoms with van der Waals surface area (Å²) in [7, 11) is 0. The second kappa shape index (κ2) is 10.3. The molecule has 48 heavy (non-hydrogen) atoms. The van der Waals surface area contributed by atoms with Gasteiger partial charge in [0.15, 0.2) is 0 Å². The van der Waals surface area contributed by atoms with Crippen LogP contribution in [0.25, 0.3) is 60.5 Å². The topological polar surface area (TPSA) is 30.7 Å². The third-order valence-electron chi connectivity index (χ3n) is 10.3. The van der Waals surface area contributed by atoms with Crippen LogP contribution in [0.2, 0.25) is 0 Å². The van der Waals surface area contributed by atoms with Crippen LogP contribution in [-0.2, 0) is 5.41 Å². The summed E-state index contributed by atoms with van der Waals surface area (Å²) in [5.41, 5.74) is 12.9. The van der Waals surface area contributed by atoms with Crippen LogP contribution >= 0.6 is 0 Å². The molecule has 0 spiro atoms. The molecule has 6 aromatic carbocycles. The van der Waals surface area contributed by atoms with E-state index in [9.17, 15) is 0 Å². The van der Waals surface area contributed by atoms with E-state index in [4.69, 9.17) is 0 Å². The van der Waals surface area contributed by atoms with Crippen LogP contribution in [0.4, 0.5) is 0 Å². The minimum absolute atomic E-state index is 0.527. The first-order valence-corrected chi connectivity index (χ1v) is 16.4. The number of para-hydroxylation sites is 1. The molecule has 0 N–H and O–H groups in total. The summed E-state index contributed by atoms with van der Waals surface area (Å²) in [4.78, 5) is 8.84. The lowest BCUT2D eigenvalue weighted by molar-refractivity contribution is 0.764. The van der Waals surface area contributed by atoms with E-state index in [0.717, 1.165) is 5.69 Å². The van der Waals surface area contributed by atoms with E-state index in [0.29, 0.717) is 0 Å². The van der Waals surface area contributed by atoms with Crippen LogP contribution in [0, 0.1) is 0 Å². The normalized spacial score (nSPS) is 13.2. The number of pyridine rings is 2. The molecular weight excluding hydrogens is 583 g/mol. The molecule has 3 aromatic heterocycles. The highest BCUT2D eigenvalue weighted by Gasteiger charge is 2.46. The van der Waals surface area contributed by atoms with Crippen molar-refractivity contribution >= 4 is 32.6 Å². The quantitative estimate of drug-likeness (QED) is 0.198. The van der Waals surface area contributed by atoms with Crippen LogP contribution in [0.1, 0.15) is 22.3 Å². The van der Waals surface area contributed by atoms with Gasteiger partial charge in [-0.05, 0) is 116 Å². The molecule has 0 fully saturated rings. The van der Waals surface area contributed by atoms with E-state index in [2.05, 4.69) is 166 Å². The van der Waals surface area contributed by atoms with Gasteiger partial charge in [-0.1, -0.05) is 91.0 Å². The lowest BCUT2D eigenvalue weighted by atomic mass is 9.68. The molecule has 0 saturated heterocycles. The third kappa shape index (κ3) is 3.76. The maximum atomic E-state index is 4.42. The maximum absolute atomic E-state index is 4.42. The van der Waals surface area contributed by atoms with Crippen molar-refractivity contribution in [3.8, 4) is 27.9 Å². The Labute approximate surface area is 278 Å². The molecular formula is C45H29N3. The van der Waals surface area contributed by atoms with E-state index in [-0.39, 0.29) is 0 Å². The highest BCUT2D eigenvalue weighted by atomic mass is 15.0. The molecule has 3 heterocycles. The first-order chi connectivity index (χ1) is 23.8. The molecule has 0 amide bonds. The molecule has 0 aliphatic heterocycles. The Hall–Kier alpha value is -6.32. The van der Waals surface area contributed by atoms with Gasteiger partial charge in [-0.25, -0.2) is 0 Å². The number of hydrogen-bond donors (Lipinski definition) is 0. The van der Waals surface area contributed by atoms with Gasteiger partial charge in [0.2, 0.25) is 0 Å². The van der Waals surface area contributed by atoms with E-state index in [1.807, 2.05) is 24.8 Å². The summed E-state index contributed by atoms with van der Waals surface area (Å²) in [6.45, 7) is 0. The van der Waals surface area contributed by atoms with E-state index < -0.39 is 5.41 Å². The summed E-state index contributed by atoms with van der Waals surface area (Å²) in [5.74, 6) is 0. The Morgan fingerprint density at radius 3 is 1.90 bits per heavy atom. The van der Waals surface area contributed by atoms with Gasteiger partial charge in [0, 0.05) is 41.2 Å². The fraction of sp³-hybridized carbons (Fsp3) is 0.0222. The van der Waals surface area contributed by atoms with Gasteiger partial charge in [0.1, 0.15) is 0 Å². The zero-order valence-corrected chi connectivity index (χ0v) is 26.1. The largest absolute Gasteiger partial charge is 0.309 e. The Kier molecular flexibility index (Phi) is 5.79. The summed E-state index contributed by atoms with van der Waals surface area (Å²) < 4.78 is 2.45. The first kappa shape index (κ1) is 26.9. The monoisotopic (exact) mass is 611 g/mol. The Bertz CT molecular complexity index is 2620. The fourth-order valence-electron chi connectivity index (χ4n) is 8.19. The average molecular weight is 612 g/mol. The molecule has 3 nitrogen and oxygen atoms in total. The highest BCUT2D eigenvalue weighted by molar-refractivity contribution is 6.12. The van der Waals surface area contributed by atoms with Crippen molar-refractivity contribution in [1.29, 1.82) is 0 Å². The van der Waals surface area contributed by atoms with E-state index in [1.165, 1.54) is 77.1 Å². The summed E-state index contributed by atoms with van der Waals surface area (Å²) >= 11 is 0. The maximum Gasteiger partial charge on any atom is 0.0716 e. The van der Waals surface area contributed by atoms with Gasteiger partial charge in [0.25, 0.3) is 0 Å². The van der Waals surface area contributed by atoms with Crippen LogP contribution < -0.4 is 0 Å². The van der Waals surface area contributed by atoms with Crippen molar-refractivity contribution in [2.24, 2.45) is 0 Å². The predicted octanol–water partition coefficient (Wildman–Crippen LogP) is 10.8. The molecule has 0 bridgehead atoms. The summed E-state index contributed by atoms with van der Waals surface area (Å²) in [6.07, 6.45) is 7.64. The Balaban J connectivity index is 1.30. The van der Waals surface area contributed by atoms with Crippen LogP contribution in [0.5, 0.6) is 0 Å². The highest BCUT2D eigenvalue weighted by Crippen LogP contribution is 2.57. The van der Waals surface area contributed by atoms with Gasteiger partial charge in [-0.15, -0.1) is 0 Å². The first-order valence-electron chi connectivity index (χ1n) is 16.4. The van der Waals surface area contributed by atoms with Crippen molar-refractivity contribution in [2.75, 3.05) is 0 Å². The molecule has 224 valence electrons. The summed E-state index contributed by atoms with van der Waals surface area (Å²) in [5, 5.41) is 4.94. The van der Waals surface area contributed by atoms with Gasteiger partial charge < -0.3 is 4.57 Å². The minimum Gasteiger partial charge on any atom is -0.309 e. The molecule has 10 rings (SSSR count).